The van der Waals surface area contributed by atoms with Crippen molar-refractivity contribution in [1.29, 1.82) is 0 Å². The molecule has 2 aliphatic heterocycles. The number of ether oxygens (including phenoxy) is 1. The van der Waals surface area contributed by atoms with Crippen LogP contribution in [0.2, 0.25) is 10.0 Å². The van der Waals surface area contributed by atoms with Gasteiger partial charge in [-0.05, 0) is 74.1 Å². The Labute approximate surface area is 289 Å². The van der Waals surface area contributed by atoms with Crippen LogP contribution in [0.4, 0.5) is 11.5 Å². The van der Waals surface area contributed by atoms with E-state index in [1.54, 1.807) is 0 Å². The van der Waals surface area contributed by atoms with E-state index in [4.69, 9.17) is 27.9 Å². The van der Waals surface area contributed by atoms with E-state index in [1.807, 2.05) is 18.2 Å². The number of aryl methyl sites for hydroxylation is 4. The molecule has 240 valence electrons. The molecule has 47 heavy (non-hydrogen) atoms. The van der Waals surface area contributed by atoms with Crippen LogP contribution in [-0.2, 0) is 10.3 Å². The summed E-state index contributed by atoms with van der Waals surface area (Å²) in [7, 11) is 0. The molecular weight excluding hydrogens is 619 g/mol. The summed E-state index contributed by atoms with van der Waals surface area (Å²) in [6, 6.07) is 36.7. The van der Waals surface area contributed by atoms with Gasteiger partial charge in [0.15, 0.2) is 17.8 Å². The first-order chi connectivity index (χ1) is 22.4. The quantitative estimate of drug-likeness (QED) is 0.0961. The maximum atomic E-state index is 7.90. The van der Waals surface area contributed by atoms with Crippen LogP contribution < -0.4 is 4.48 Å². The molecule has 0 aliphatic carbocycles. The normalized spacial score (nSPS) is 22.0. The second-order valence-corrected chi connectivity index (χ2v) is 15.4. The number of hydrogen-bond donors (Lipinski definition) is 0. The van der Waals surface area contributed by atoms with Gasteiger partial charge in [-0.1, -0.05) is 146 Å². The predicted octanol–water partition coefficient (Wildman–Crippen LogP) is 11.5. The van der Waals surface area contributed by atoms with Crippen molar-refractivity contribution in [2.24, 2.45) is 5.41 Å². The number of rotatable bonds is 7. The van der Waals surface area contributed by atoms with Crippen molar-refractivity contribution < 1.29 is 4.74 Å². The molecule has 4 aromatic carbocycles. The first-order valence-electron chi connectivity index (χ1n) is 16.5. The van der Waals surface area contributed by atoms with Crippen LogP contribution >= 0.6 is 23.2 Å². The lowest BCUT2D eigenvalue weighted by Gasteiger charge is -2.67. The SMILES string of the molecule is Cc1ccc(C(OC2C(C=CC(C)(C)C)[N+]3(c4c(Cl)cccc4Cl)c4ccc(C)n4C23)(c2ccc(C)cc2)c2ccc(C)cc2)cc1. The summed E-state index contributed by atoms with van der Waals surface area (Å²) in [5, 5.41) is 1.34. The molecule has 0 spiro atoms. The van der Waals surface area contributed by atoms with Gasteiger partial charge in [0.1, 0.15) is 15.6 Å². The fourth-order valence-corrected chi connectivity index (χ4v) is 8.41. The number of benzene rings is 4. The lowest BCUT2D eigenvalue weighted by Crippen LogP contribution is -2.82. The Kier molecular flexibility index (Phi) is 7.84. The Balaban J connectivity index is 1.50. The summed E-state index contributed by atoms with van der Waals surface area (Å²) >= 11 is 14.2. The zero-order valence-corrected chi connectivity index (χ0v) is 29.8. The largest absolute Gasteiger partial charge is 0.343 e. The van der Waals surface area contributed by atoms with Crippen LogP contribution in [0.15, 0.2) is 115 Å². The molecule has 1 aromatic heterocycles. The monoisotopic (exact) mass is 661 g/mol. The molecule has 4 unspecified atom stereocenters. The van der Waals surface area contributed by atoms with Crippen LogP contribution in [0.1, 0.15) is 66.0 Å². The smallest absolute Gasteiger partial charge is 0.220 e. The molecule has 3 nitrogen and oxygen atoms in total. The number of hydrogen-bond acceptors (Lipinski definition) is 1. The number of allylic oxidation sites excluding steroid dienone is 1. The van der Waals surface area contributed by atoms with Crippen molar-refractivity contribution in [1.82, 2.24) is 9.05 Å². The maximum absolute atomic E-state index is 7.90. The number of quaternary nitrogens is 1. The minimum atomic E-state index is -0.884. The second-order valence-electron chi connectivity index (χ2n) is 14.5. The molecular formula is C42H43Cl2N2O+. The summed E-state index contributed by atoms with van der Waals surface area (Å²) in [5.74, 6) is 1.18. The molecule has 2 aliphatic rings. The molecule has 3 heterocycles. The Hall–Kier alpha value is -3.60. The third-order valence-corrected chi connectivity index (χ3v) is 10.7. The van der Waals surface area contributed by atoms with Crippen molar-refractivity contribution in [3.8, 4) is 0 Å². The van der Waals surface area contributed by atoms with Gasteiger partial charge in [0.25, 0.3) is 0 Å². The van der Waals surface area contributed by atoms with E-state index in [1.165, 1.54) is 28.2 Å². The highest BCUT2D eigenvalue weighted by molar-refractivity contribution is 6.39. The Morgan fingerprint density at radius 1 is 0.660 bits per heavy atom. The number of halogens is 2. The predicted molar refractivity (Wildman–Crippen MR) is 197 cm³/mol. The fourth-order valence-electron chi connectivity index (χ4n) is 7.73. The second kappa shape index (κ2) is 11.5. The van der Waals surface area contributed by atoms with Crippen molar-refractivity contribution in [2.75, 3.05) is 0 Å². The van der Waals surface area contributed by atoms with Gasteiger partial charge in [-0.15, -0.1) is 0 Å². The summed E-state index contributed by atoms with van der Waals surface area (Å²) in [6.07, 6.45) is 4.39. The molecule has 5 heteroatoms. The zero-order chi connectivity index (χ0) is 33.3. The molecule has 0 N–H and O–H groups in total. The Bertz CT molecular complexity index is 1830. The number of nitrogens with zero attached hydrogens (tertiary/aromatic N) is 2. The van der Waals surface area contributed by atoms with Gasteiger partial charge in [0.05, 0.1) is 0 Å². The van der Waals surface area contributed by atoms with Crippen molar-refractivity contribution in [3.63, 3.8) is 0 Å². The number of aromatic nitrogens is 1. The van der Waals surface area contributed by atoms with Gasteiger partial charge in [0, 0.05) is 11.8 Å². The van der Waals surface area contributed by atoms with Gasteiger partial charge in [-0.2, -0.15) is 0 Å². The van der Waals surface area contributed by atoms with Crippen LogP contribution in [0, 0.1) is 33.1 Å². The lowest BCUT2D eigenvalue weighted by molar-refractivity contribution is -0.203. The van der Waals surface area contributed by atoms with Gasteiger partial charge >= 0.3 is 0 Å². The summed E-state index contributed by atoms with van der Waals surface area (Å²) < 4.78 is 10.8. The van der Waals surface area contributed by atoms with E-state index >= 15 is 0 Å². The average Bonchev–Trinajstić information content (AvgIpc) is 3.35. The van der Waals surface area contributed by atoms with E-state index < -0.39 is 5.60 Å². The molecule has 0 bridgehead atoms. The van der Waals surface area contributed by atoms with E-state index in [2.05, 4.69) is 150 Å². The molecule has 1 fully saturated rings. The number of para-hydroxylation sites is 1. The highest BCUT2D eigenvalue weighted by Crippen LogP contribution is 2.68. The number of fused-ring (bicyclic) bond motifs is 4. The lowest BCUT2D eigenvalue weighted by atomic mass is 9.76. The highest BCUT2D eigenvalue weighted by Gasteiger charge is 2.76. The third kappa shape index (κ3) is 4.94. The molecule has 4 atom stereocenters. The van der Waals surface area contributed by atoms with Gasteiger partial charge in [-0.25, -0.2) is 9.05 Å². The van der Waals surface area contributed by atoms with Crippen molar-refractivity contribution >= 4 is 34.7 Å². The van der Waals surface area contributed by atoms with E-state index in [0.29, 0.717) is 14.5 Å². The Morgan fingerprint density at radius 3 is 1.57 bits per heavy atom. The minimum absolute atomic E-state index is 0.0331. The average molecular weight is 663 g/mol. The fraction of sp³-hybridized carbons (Fsp3) is 0.286. The maximum Gasteiger partial charge on any atom is 0.220 e. The summed E-state index contributed by atoms with van der Waals surface area (Å²) in [5.41, 5.74) is 8.13. The van der Waals surface area contributed by atoms with Crippen LogP contribution in [0.25, 0.3) is 0 Å². The van der Waals surface area contributed by atoms with E-state index in [-0.39, 0.29) is 23.7 Å². The van der Waals surface area contributed by atoms with Crippen LogP contribution in [0.3, 0.4) is 0 Å². The van der Waals surface area contributed by atoms with Crippen LogP contribution in [0.5, 0.6) is 0 Å². The minimum Gasteiger partial charge on any atom is -0.343 e. The highest BCUT2D eigenvalue weighted by atomic mass is 35.5. The van der Waals surface area contributed by atoms with Gasteiger partial charge in [0.2, 0.25) is 12.0 Å². The van der Waals surface area contributed by atoms with E-state index in [0.717, 1.165) is 22.4 Å². The zero-order valence-electron chi connectivity index (χ0n) is 28.3. The Morgan fingerprint density at radius 2 is 1.13 bits per heavy atom. The van der Waals surface area contributed by atoms with E-state index in [9.17, 15) is 0 Å². The molecule has 5 aromatic rings. The summed E-state index contributed by atoms with van der Waals surface area (Å²) in [6.45, 7) is 15.3. The molecule has 0 radical (unpaired) electrons. The van der Waals surface area contributed by atoms with Crippen LogP contribution in [-0.4, -0.2) is 16.7 Å². The standard InChI is InChI=1S/C42H43Cl2N2O/c1-27-11-18-31(19-12-27)42(32-20-13-28(2)14-21-32,33-22-15-29(3)16-23-33)47-39-36(25-26-41(5,6)7)46(38-34(43)9-8-10-35(38)44)37-24-17-30(4)45(37)40(39)46/h8-26,36,39-40H,1-7H3/q+1. The molecule has 7 rings (SSSR count). The van der Waals surface area contributed by atoms with Gasteiger partial charge < -0.3 is 4.74 Å². The molecule has 0 amide bonds. The first kappa shape index (κ1) is 32.0. The van der Waals surface area contributed by atoms with Gasteiger partial charge in [-0.3, -0.25) is 0 Å². The summed E-state index contributed by atoms with van der Waals surface area (Å²) in [4.78, 5) is 0. The first-order valence-corrected chi connectivity index (χ1v) is 17.2. The molecule has 0 saturated carbocycles. The van der Waals surface area contributed by atoms with Crippen molar-refractivity contribution in [2.45, 2.75) is 72.4 Å². The third-order valence-electron chi connectivity index (χ3n) is 10.1. The molecule has 1 saturated heterocycles. The van der Waals surface area contributed by atoms with Crippen molar-refractivity contribution in [3.05, 3.63) is 164 Å². The topological polar surface area (TPSA) is 14.2 Å².